The number of rotatable bonds is 1. The van der Waals surface area contributed by atoms with Crippen LogP contribution < -0.4 is 4.90 Å². The number of pyridine rings is 1. The Morgan fingerprint density at radius 2 is 1.78 bits per heavy atom. The minimum absolute atomic E-state index is 0. The van der Waals surface area contributed by atoms with E-state index in [2.05, 4.69) is 26.8 Å². The van der Waals surface area contributed by atoms with Crippen molar-refractivity contribution in [1.29, 1.82) is 0 Å². The minimum atomic E-state index is 0. The van der Waals surface area contributed by atoms with E-state index in [1.54, 1.807) is 0 Å². The van der Waals surface area contributed by atoms with Gasteiger partial charge in [-0.2, -0.15) is 0 Å². The Labute approximate surface area is 113 Å². The highest BCUT2D eigenvalue weighted by atomic mass is 35.5. The summed E-state index contributed by atoms with van der Waals surface area (Å²) in [6.45, 7) is 4.23. The molecule has 5 nitrogen and oxygen atoms in total. The van der Waals surface area contributed by atoms with E-state index in [4.69, 9.17) is 0 Å². The molecular weight excluding hydrogens is 250 g/mol. The lowest BCUT2D eigenvalue weighted by atomic mass is 10.3. The first-order chi connectivity index (χ1) is 8.25. The molecule has 0 amide bonds. The van der Waals surface area contributed by atoms with E-state index >= 15 is 0 Å². The predicted octanol–water partition coefficient (Wildman–Crippen LogP) is 1.14. The quantitative estimate of drug-likeness (QED) is 0.777. The smallest absolute Gasteiger partial charge is 0.156 e. The van der Waals surface area contributed by atoms with Gasteiger partial charge >= 0.3 is 0 Å². The summed E-state index contributed by atoms with van der Waals surface area (Å²) < 4.78 is 2.04. The number of halogens is 1. The molecule has 2 aromatic rings. The molecule has 0 atom stereocenters. The number of anilines is 1. The Morgan fingerprint density at radius 1 is 1.06 bits per heavy atom. The molecule has 0 unspecified atom stereocenters. The van der Waals surface area contributed by atoms with E-state index < -0.39 is 0 Å². The summed E-state index contributed by atoms with van der Waals surface area (Å²) >= 11 is 0. The lowest BCUT2D eigenvalue weighted by Gasteiger charge is -2.33. The van der Waals surface area contributed by atoms with E-state index in [1.165, 1.54) is 0 Å². The fourth-order valence-corrected chi connectivity index (χ4v) is 2.30. The summed E-state index contributed by atoms with van der Waals surface area (Å²) in [4.78, 5) is 13.6. The zero-order valence-corrected chi connectivity index (χ0v) is 11.5. The molecule has 0 aliphatic carbocycles. The van der Waals surface area contributed by atoms with Gasteiger partial charge in [0.15, 0.2) is 5.82 Å². The Hall–Kier alpha value is -1.33. The van der Waals surface area contributed by atoms with Gasteiger partial charge in [0.1, 0.15) is 5.52 Å². The van der Waals surface area contributed by atoms with Crippen LogP contribution in [0.5, 0.6) is 0 Å². The van der Waals surface area contributed by atoms with Crippen LogP contribution in [-0.4, -0.2) is 52.7 Å². The van der Waals surface area contributed by atoms with Crippen LogP contribution >= 0.6 is 12.4 Å². The second-order valence-electron chi connectivity index (χ2n) is 4.65. The average molecular weight is 268 g/mol. The molecule has 0 bridgehead atoms. The maximum atomic E-state index is 4.50. The second kappa shape index (κ2) is 5.12. The Balaban J connectivity index is 0.00000120. The number of hydrogen-bond donors (Lipinski definition) is 0. The molecule has 6 heteroatoms. The topological polar surface area (TPSA) is 37.2 Å². The number of aryl methyl sites for hydroxylation is 1. The van der Waals surface area contributed by atoms with Crippen molar-refractivity contribution in [2.45, 2.75) is 0 Å². The van der Waals surface area contributed by atoms with Crippen LogP contribution in [-0.2, 0) is 7.05 Å². The van der Waals surface area contributed by atoms with Crippen molar-refractivity contribution in [1.82, 2.24) is 19.4 Å². The first-order valence-electron chi connectivity index (χ1n) is 5.95. The summed E-state index contributed by atoms with van der Waals surface area (Å²) in [6, 6.07) is 2.02. The largest absolute Gasteiger partial charge is 0.352 e. The number of fused-ring (bicyclic) bond motifs is 1. The van der Waals surface area contributed by atoms with Crippen molar-refractivity contribution >= 4 is 29.3 Å². The third-order valence-corrected chi connectivity index (χ3v) is 3.43. The van der Waals surface area contributed by atoms with Crippen LogP contribution in [0, 0.1) is 0 Å². The Bertz CT molecular complexity index is 530. The molecule has 98 valence electrons. The summed E-state index contributed by atoms with van der Waals surface area (Å²) in [5.74, 6) is 1.02. The molecule has 0 saturated carbocycles. The van der Waals surface area contributed by atoms with Crippen LogP contribution in [0.25, 0.3) is 11.0 Å². The van der Waals surface area contributed by atoms with Gasteiger partial charge in [0.25, 0.3) is 0 Å². The van der Waals surface area contributed by atoms with Crippen LogP contribution in [0.1, 0.15) is 0 Å². The van der Waals surface area contributed by atoms with Gasteiger partial charge in [-0.25, -0.2) is 9.97 Å². The lowest BCUT2D eigenvalue weighted by Crippen LogP contribution is -2.44. The number of aromatic nitrogens is 3. The Morgan fingerprint density at radius 3 is 2.50 bits per heavy atom. The maximum absolute atomic E-state index is 4.50. The molecule has 0 aromatic carbocycles. The van der Waals surface area contributed by atoms with E-state index in [-0.39, 0.29) is 12.4 Å². The standard InChI is InChI=1S/C12H17N5.ClH/c1-15-5-7-17(8-6-15)12-11-10(3-4-13-12)16(2)9-14-11;/h3-4,9H,5-8H2,1-2H3;1H. The summed E-state index contributed by atoms with van der Waals surface area (Å²) in [5.41, 5.74) is 2.16. The number of likely N-dealkylation sites (N-methyl/N-ethyl adjacent to an activating group) is 1. The van der Waals surface area contributed by atoms with Crippen molar-refractivity contribution in [3.63, 3.8) is 0 Å². The first kappa shape index (κ1) is 13.1. The van der Waals surface area contributed by atoms with Gasteiger partial charge in [-0.3, -0.25) is 0 Å². The molecule has 3 rings (SSSR count). The van der Waals surface area contributed by atoms with Crippen molar-refractivity contribution < 1.29 is 0 Å². The summed E-state index contributed by atoms with van der Waals surface area (Å²) in [5, 5.41) is 0. The fourth-order valence-electron chi connectivity index (χ4n) is 2.30. The molecular formula is C12H18ClN5. The molecule has 1 aliphatic heterocycles. The average Bonchev–Trinajstić information content (AvgIpc) is 2.73. The number of nitrogens with zero attached hydrogens (tertiary/aromatic N) is 5. The highest BCUT2D eigenvalue weighted by Crippen LogP contribution is 2.23. The highest BCUT2D eigenvalue weighted by Gasteiger charge is 2.18. The SMILES string of the molecule is CN1CCN(c2nccc3c2ncn3C)CC1.Cl. The molecule has 2 aromatic heterocycles. The molecule has 1 saturated heterocycles. The van der Waals surface area contributed by atoms with Crippen LogP contribution in [0.2, 0.25) is 0 Å². The Kier molecular flexibility index (Phi) is 3.73. The molecule has 0 spiro atoms. The molecule has 0 radical (unpaired) electrons. The first-order valence-corrected chi connectivity index (χ1v) is 5.95. The third-order valence-electron chi connectivity index (χ3n) is 3.43. The van der Waals surface area contributed by atoms with Gasteiger partial charge in [0.2, 0.25) is 0 Å². The monoisotopic (exact) mass is 267 g/mol. The van der Waals surface area contributed by atoms with Gasteiger partial charge in [0.05, 0.1) is 11.8 Å². The normalized spacial score (nSPS) is 16.9. The highest BCUT2D eigenvalue weighted by molar-refractivity contribution is 5.86. The van der Waals surface area contributed by atoms with Crippen molar-refractivity contribution in [2.24, 2.45) is 7.05 Å². The van der Waals surface area contributed by atoms with E-state index in [0.717, 1.165) is 43.0 Å². The van der Waals surface area contributed by atoms with Gasteiger partial charge in [-0.05, 0) is 13.1 Å². The van der Waals surface area contributed by atoms with Gasteiger partial charge in [-0.15, -0.1) is 12.4 Å². The second-order valence-corrected chi connectivity index (χ2v) is 4.65. The molecule has 1 fully saturated rings. The minimum Gasteiger partial charge on any atom is -0.352 e. The summed E-state index contributed by atoms with van der Waals surface area (Å²) in [7, 11) is 4.18. The van der Waals surface area contributed by atoms with Crippen LogP contribution in [0.4, 0.5) is 5.82 Å². The maximum Gasteiger partial charge on any atom is 0.156 e. The molecule has 3 heterocycles. The molecule has 0 N–H and O–H groups in total. The third kappa shape index (κ3) is 2.15. The number of hydrogen-bond acceptors (Lipinski definition) is 4. The van der Waals surface area contributed by atoms with Crippen molar-refractivity contribution in [2.75, 3.05) is 38.1 Å². The molecule has 18 heavy (non-hydrogen) atoms. The van der Waals surface area contributed by atoms with Gasteiger partial charge in [-0.1, -0.05) is 0 Å². The van der Waals surface area contributed by atoms with Crippen molar-refractivity contribution in [3.05, 3.63) is 18.6 Å². The van der Waals surface area contributed by atoms with E-state index in [9.17, 15) is 0 Å². The zero-order chi connectivity index (χ0) is 11.8. The van der Waals surface area contributed by atoms with E-state index in [0.29, 0.717) is 0 Å². The molecule has 1 aliphatic rings. The van der Waals surface area contributed by atoms with E-state index in [1.807, 2.05) is 30.2 Å². The van der Waals surface area contributed by atoms with Crippen molar-refractivity contribution in [3.8, 4) is 0 Å². The predicted molar refractivity (Wildman–Crippen MR) is 75.5 cm³/mol. The summed E-state index contributed by atoms with van der Waals surface area (Å²) in [6.07, 6.45) is 3.73. The zero-order valence-electron chi connectivity index (χ0n) is 10.7. The lowest BCUT2D eigenvalue weighted by molar-refractivity contribution is 0.312. The van der Waals surface area contributed by atoms with Crippen LogP contribution in [0.3, 0.4) is 0 Å². The van der Waals surface area contributed by atoms with Gasteiger partial charge < -0.3 is 14.4 Å². The van der Waals surface area contributed by atoms with Gasteiger partial charge in [0, 0.05) is 39.4 Å². The fraction of sp³-hybridized carbons (Fsp3) is 0.500. The van der Waals surface area contributed by atoms with Crippen LogP contribution in [0.15, 0.2) is 18.6 Å². The number of imidazole rings is 1. The number of piperazine rings is 1.